The van der Waals surface area contributed by atoms with E-state index in [0.717, 1.165) is 12.3 Å². The molecule has 1 nitrogen and oxygen atoms in total. The van der Waals surface area contributed by atoms with Gasteiger partial charge in [0.2, 0.25) is 0 Å². The van der Waals surface area contributed by atoms with Crippen molar-refractivity contribution in [1.82, 2.24) is 5.32 Å². The van der Waals surface area contributed by atoms with Crippen molar-refractivity contribution in [3.63, 3.8) is 0 Å². The van der Waals surface area contributed by atoms with Crippen molar-refractivity contribution in [2.24, 2.45) is 17.8 Å². The van der Waals surface area contributed by atoms with Crippen LogP contribution in [0, 0.1) is 17.8 Å². The van der Waals surface area contributed by atoms with Gasteiger partial charge in [-0.05, 0) is 57.9 Å². The minimum absolute atomic E-state index is 0.477. The highest BCUT2D eigenvalue weighted by Gasteiger charge is 2.11. The van der Waals surface area contributed by atoms with Crippen molar-refractivity contribution in [3.05, 3.63) is 36.5 Å². The summed E-state index contributed by atoms with van der Waals surface area (Å²) in [6, 6.07) is 0.477. The van der Waals surface area contributed by atoms with Crippen LogP contribution in [0.15, 0.2) is 36.5 Å². The van der Waals surface area contributed by atoms with Crippen LogP contribution in [-0.4, -0.2) is 13.1 Å². The molecule has 1 N–H and O–H groups in total. The summed E-state index contributed by atoms with van der Waals surface area (Å²) in [5, 5.41) is 3.43. The zero-order valence-corrected chi connectivity index (χ0v) is 15.2. The van der Waals surface area contributed by atoms with Crippen LogP contribution in [0.1, 0.15) is 60.3 Å². The van der Waals surface area contributed by atoms with E-state index in [2.05, 4.69) is 77.9 Å². The molecule has 0 saturated heterocycles. The number of hydrogen-bond acceptors (Lipinski definition) is 1. The Bertz CT molecular complexity index is 327. The summed E-state index contributed by atoms with van der Waals surface area (Å²) in [7, 11) is 2.06. The van der Waals surface area contributed by atoms with E-state index >= 15 is 0 Å². The van der Waals surface area contributed by atoms with E-state index in [1.165, 1.54) is 24.8 Å². The lowest BCUT2D eigenvalue weighted by molar-refractivity contribution is 0.409. The summed E-state index contributed by atoms with van der Waals surface area (Å²) in [6.07, 6.45) is 14.1. The fourth-order valence-corrected chi connectivity index (χ4v) is 2.73. The Labute approximate surface area is 133 Å². The lowest BCUT2D eigenvalue weighted by Gasteiger charge is -2.19. The van der Waals surface area contributed by atoms with Gasteiger partial charge in [-0.3, -0.25) is 0 Å². The monoisotopic (exact) mass is 291 g/mol. The number of likely N-dealkylation sites (N-methyl/N-ethyl adjacent to an activating group) is 1. The highest BCUT2D eigenvalue weighted by Crippen LogP contribution is 2.19. The van der Waals surface area contributed by atoms with Gasteiger partial charge >= 0.3 is 0 Å². The van der Waals surface area contributed by atoms with Gasteiger partial charge in [0.25, 0.3) is 0 Å². The summed E-state index contributed by atoms with van der Waals surface area (Å²) in [5.41, 5.74) is 1.26. The van der Waals surface area contributed by atoms with Crippen LogP contribution in [0.3, 0.4) is 0 Å². The largest absolute Gasteiger partial charge is 0.314 e. The second-order valence-corrected chi connectivity index (χ2v) is 6.56. The van der Waals surface area contributed by atoms with Gasteiger partial charge in [0.15, 0.2) is 0 Å². The molecule has 122 valence electrons. The van der Waals surface area contributed by atoms with Gasteiger partial charge in [-0.25, -0.2) is 0 Å². The first-order valence-electron chi connectivity index (χ1n) is 8.58. The van der Waals surface area contributed by atoms with Crippen molar-refractivity contribution in [3.8, 4) is 0 Å². The molecule has 0 bridgehead atoms. The molecule has 0 fully saturated rings. The second-order valence-electron chi connectivity index (χ2n) is 6.56. The van der Waals surface area contributed by atoms with Gasteiger partial charge in [-0.15, -0.1) is 0 Å². The van der Waals surface area contributed by atoms with Crippen LogP contribution in [0.2, 0.25) is 0 Å². The van der Waals surface area contributed by atoms with Crippen LogP contribution < -0.4 is 5.32 Å². The predicted molar refractivity (Wildman–Crippen MR) is 97.6 cm³/mol. The Kier molecular flexibility index (Phi) is 11.3. The molecule has 0 aromatic carbocycles. The average Bonchev–Trinajstić information content (AvgIpc) is 2.44. The molecule has 0 spiro atoms. The van der Waals surface area contributed by atoms with Crippen LogP contribution >= 0.6 is 0 Å². The van der Waals surface area contributed by atoms with E-state index in [1.807, 2.05) is 0 Å². The standard InChI is InChI=1S/C20H37N/c1-8-10-17(5)11-12-18(6)15-20(21-7)14-13-19(9-2)16(3)4/h8,10,13-14,17-21H,3,9,11-12,15H2,1-2,4-7H3/b10-8-,14-13-. The highest BCUT2D eigenvalue weighted by molar-refractivity contribution is 5.08. The second kappa shape index (κ2) is 11.8. The quantitative estimate of drug-likeness (QED) is 0.478. The average molecular weight is 292 g/mol. The zero-order chi connectivity index (χ0) is 16.3. The Balaban J connectivity index is 4.29. The van der Waals surface area contributed by atoms with Crippen molar-refractivity contribution < 1.29 is 0 Å². The number of rotatable bonds is 11. The molecule has 0 aliphatic carbocycles. The highest BCUT2D eigenvalue weighted by atomic mass is 14.9. The summed E-state index contributed by atoms with van der Waals surface area (Å²) in [6.45, 7) is 15.2. The maximum atomic E-state index is 4.08. The molecule has 4 unspecified atom stereocenters. The molecule has 0 aliphatic heterocycles. The van der Waals surface area contributed by atoms with Gasteiger partial charge in [-0.2, -0.15) is 0 Å². The molecule has 0 aromatic rings. The van der Waals surface area contributed by atoms with Crippen molar-refractivity contribution in [2.75, 3.05) is 7.05 Å². The van der Waals surface area contributed by atoms with Gasteiger partial charge in [0.1, 0.15) is 0 Å². The SMILES string of the molecule is C=C(C)C(/C=C\C(CC(C)CCC(C)/C=C\C)NC)CC. The molecule has 0 aliphatic rings. The summed E-state index contributed by atoms with van der Waals surface area (Å²) >= 11 is 0. The molecule has 21 heavy (non-hydrogen) atoms. The number of nitrogens with one attached hydrogen (secondary N) is 1. The maximum absolute atomic E-state index is 4.08. The van der Waals surface area contributed by atoms with Crippen molar-refractivity contribution in [2.45, 2.75) is 66.3 Å². The Hall–Kier alpha value is -0.820. The van der Waals surface area contributed by atoms with Crippen LogP contribution in [0.5, 0.6) is 0 Å². The van der Waals surface area contributed by atoms with Crippen molar-refractivity contribution >= 4 is 0 Å². The van der Waals surface area contributed by atoms with Gasteiger partial charge in [0.05, 0.1) is 0 Å². The molecular weight excluding hydrogens is 254 g/mol. The first-order valence-corrected chi connectivity index (χ1v) is 8.58. The Morgan fingerprint density at radius 1 is 1.14 bits per heavy atom. The molecule has 1 heteroatoms. The maximum Gasteiger partial charge on any atom is 0.0249 e. The first kappa shape index (κ1) is 20.2. The lowest BCUT2D eigenvalue weighted by Crippen LogP contribution is -2.25. The molecule has 0 amide bonds. The third-order valence-electron chi connectivity index (χ3n) is 4.31. The Morgan fingerprint density at radius 2 is 1.81 bits per heavy atom. The first-order chi connectivity index (χ1) is 9.94. The Morgan fingerprint density at radius 3 is 2.29 bits per heavy atom. The molecule has 4 atom stereocenters. The summed E-state index contributed by atoms with van der Waals surface area (Å²) < 4.78 is 0. The molecule has 0 rings (SSSR count). The van der Waals surface area contributed by atoms with Gasteiger partial charge < -0.3 is 5.32 Å². The molecule has 0 heterocycles. The number of hydrogen-bond donors (Lipinski definition) is 1. The minimum atomic E-state index is 0.477. The molecule has 0 aromatic heterocycles. The van der Waals surface area contributed by atoms with E-state index in [4.69, 9.17) is 0 Å². The summed E-state index contributed by atoms with van der Waals surface area (Å²) in [5.74, 6) is 1.98. The predicted octanol–water partition coefficient (Wildman–Crippen LogP) is 5.75. The fraction of sp³-hybridized carbons (Fsp3) is 0.700. The van der Waals surface area contributed by atoms with E-state index in [1.54, 1.807) is 0 Å². The van der Waals surface area contributed by atoms with E-state index in [0.29, 0.717) is 17.9 Å². The summed E-state index contributed by atoms with van der Waals surface area (Å²) in [4.78, 5) is 0. The lowest BCUT2D eigenvalue weighted by atomic mass is 9.91. The van der Waals surface area contributed by atoms with Crippen LogP contribution in [0.25, 0.3) is 0 Å². The minimum Gasteiger partial charge on any atom is -0.314 e. The van der Waals surface area contributed by atoms with E-state index in [9.17, 15) is 0 Å². The van der Waals surface area contributed by atoms with Crippen molar-refractivity contribution in [1.29, 1.82) is 0 Å². The molecular formula is C20H37N. The smallest absolute Gasteiger partial charge is 0.0249 e. The molecule has 0 saturated carbocycles. The fourth-order valence-electron chi connectivity index (χ4n) is 2.73. The van der Waals surface area contributed by atoms with E-state index in [-0.39, 0.29) is 0 Å². The van der Waals surface area contributed by atoms with Crippen LogP contribution in [0.4, 0.5) is 0 Å². The molecule has 0 radical (unpaired) electrons. The van der Waals surface area contributed by atoms with Crippen LogP contribution in [-0.2, 0) is 0 Å². The normalized spacial score (nSPS) is 18.0. The van der Waals surface area contributed by atoms with E-state index < -0.39 is 0 Å². The zero-order valence-electron chi connectivity index (χ0n) is 15.2. The third-order valence-corrected chi connectivity index (χ3v) is 4.31. The van der Waals surface area contributed by atoms with Gasteiger partial charge in [-0.1, -0.05) is 63.6 Å². The topological polar surface area (TPSA) is 12.0 Å². The van der Waals surface area contributed by atoms with Gasteiger partial charge in [0, 0.05) is 6.04 Å². The number of allylic oxidation sites excluding steroid dienone is 4. The third kappa shape index (κ3) is 9.68.